The lowest BCUT2D eigenvalue weighted by Gasteiger charge is -2.18. The normalized spacial score (nSPS) is 36.1. The van der Waals surface area contributed by atoms with Gasteiger partial charge in [-0.25, -0.2) is 4.79 Å². The van der Waals surface area contributed by atoms with E-state index in [0.29, 0.717) is 0 Å². The minimum absolute atomic E-state index is 0.644. The van der Waals surface area contributed by atoms with Crippen molar-refractivity contribution >= 4 is 5.97 Å². The topological polar surface area (TPSA) is 126 Å². The van der Waals surface area contributed by atoms with Crippen LogP contribution >= 0.6 is 0 Å². The first kappa shape index (κ1) is 13.3. The van der Waals surface area contributed by atoms with E-state index in [-0.39, 0.29) is 0 Å². The lowest BCUT2D eigenvalue weighted by Crippen LogP contribution is -2.40. The van der Waals surface area contributed by atoms with Gasteiger partial charge in [0.2, 0.25) is 6.29 Å². The molecule has 1 unspecified atom stereocenters. The van der Waals surface area contributed by atoms with E-state index >= 15 is 0 Å². The molecule has 5 atom stereocenters. The highest BCUT2D eigenvalue weighted by atomic mass is 17.2. The van der Waals surface area contributed by atoms with E-state index in [0.717, 1.165) is 6.92 Å². The van der Waals surface area contributed by atoms with Gasteiger partial charge >= 0.3 is 5.97 Å². The third-order valence-electron chi connectivity index (χ3n) is 2.08. The number of ether oxygens (including phenoxy) is 1. The van der Waals surface area contributed by atoms with Gasteiger partial charge in [0.15, 0.2) is 0 Å². The third-order valence-corrected chi connectivity index (χ3v) is 2.08. The number of aliphatic hydroxyl groups is 4. The molecule has 1 fully saturated rings. The summed E-state index contributed by atoms with van der Waals surface area (Å²) in [5.41, 5.74) is 0. The van der Waals surface area contributed by atoms with E-state index in [9.17, 15) is 20.1 Å². The number of hydrogen-bond acceptors (Lipinski definition) is 8. The van der Waals surface area contributed by atoms with Gasteiger partial charge in [0.1, 0.15) is 24.4 Å². The summed E-state index contributed by atoms with van der Waals surface area (Å²) in [6.07, 6.45) is -6.89. The molecule has 1 heterocycles. The summed E-state index contributed by atoms with van der Waals surface area (Å²) >= 11 is 0. The molecule has 8 nitrogen and oxygen atoms in total. The zero-order valence-corrected chi connectivity index (χ0v) is 8.52. The van der Waals surface area contributed by atoms with Crippen LogP contribution in [0.5, 0.6) is 0 Å². The number of aliphatic hydroxyl groups excluding tert-OH is 4. The van der Waals surface area contributed by atoms with Crippen molar-refractivity contribution in [3.05, 3.63) is 0 Å². The minimum atomic E-state index is -1.48. The monoisotopic (exact) mass is 238 g/mol. The molecule has 94 valence electrons. The van der Waals surface area contributed by atoms with E-state index < -0.39 is 43.3 Å². The van der Waals surface area contributed by atoms with Gasteiger partial charge in [-0.05, 0) is 0 Å². The number of hydrogen-bond donors (Lipinski definition) is 4. The zero-order valence-electron chi connectivity index (χ0n) is 8.52. The molecule has 0 aromatic heterocycles. The molecule has 0 amide bonds. The summed E-state index contributed by atoms with van der Waals surface area (Å²) < 4.78 is 4.88. The maximum atomic E-state index is 10.4. The van der Waals surface area contributed by atoms with Crippen LogP contribution in [0.1, 0.15) is 6.92 Å². The van der Waals surface area contributed by atoms with Crippen LogP contribution in [-0.2, 0) is 19.3 Å². The van der Waals surface area contributed by atoms with Crippen LogP contribution in [0.2, 0.25) is 0 Å². The molecule has 4 N–H and O–H groups in total. The van der Waals surface area contributed by atoms with Crippen molar-refractivity contribution in [3.8, 4) is 0 Å². The van der Waals surface area contributed by atoms with Crippen molar-refractivity contribution in [1.82, 2.24) is 0 Å². The van der Waals surface area contributed by atoms with Gasteiger partial charge in [-0.2, -0.15) is 0 Å². The maximum Gasteiger partial charge on any atom is 0.339 e. The molecule has 0 aromatic carbocycles. The molecule has 8 heteroatoms. The molecule has 0 spiro atoms. The molecule has 1 aliphatic rings. The summed E-state index contributed by atoms with van der Waals surface area (Å²) in [6.45, 7) is 0.437. The van der Waals surface area contributed by atoms with Crippen molar-refractivity contribution in [2.45, 2.75) is 37.6 Å². The zero-order chi connectivity index (χ0) is 12.3. The third kappa shape index (κ3) is 2.88. The number of rotatable bonds is 4. The van der Waals surface area contributed by atoms with E-state index in [1.807, 2.05) is 0 Å². The van der Waals surface area contributed by atoms with Crippen molar-refractivity contribution in [2.75, 3.05) is 6.61 Å². The molecule has 1 saturated heterocycles. The molecule has 16 heavy (non-hydrogen) atoms. The lowest BCUT2D eigenvalue weighted by atomic mass is 10.1. The Balaban J connectivity index is 2.53. The van der Waals surface area contributed by atoms with Crippen LogP contribution in [0.25, 0.3) is 0 Å². The fourth-order valence-corrected chi connectivity index (χ4v) is 1.29. The Hall–Kier alpha value is -0.770. The number of carbonyl (C=O) groups is 1. The summed E-state index contributed by atoms with van der Waals surface area (Å²) in [5, 5.41) is 36.7. The van der Waals surface area contributed by atoms with E-state index in [2.05, 4.69) is 9.78 Å². The van der Waals surface area contributed by atoms with Crippen molar-refractivity contribution in [2.24, 2.45) is 0 Å². The second kappa shape index (κ2) is 5.53. The Kier molecular flexibility index (Phi) is 4.59. The molecular formula is C8H14O8. The van der Waals surface area contributed by atoms with Gasteiger partial charge in [0.05, 0.1) is 6.61 Å². The fourth-order valence-electron chi connectivity index (χ4n) is 1.29. The molecule has 1 aliphatic heterocycles. The smallest absolute Gasteiger partial charge is 0.339 e. The van der Waals surface area contributed by atoms with Gasteiger partial charge in [-0.15, -0.1) is 4.89 Å². The maximum absolute atomic E-state index is 10.4. The second-order valence-corrected chi connectivity index (χ2v) is 3.37. The Labute approximate surface area is 90.9 Å². The first-order valence-corrected chi connectivity index (χ1v) is 4.61. The summed E-state index contributed by atoms with van der Waals surface area (Å²) in [7, 11) is 0. The van der Waals surface area contributed by atoms with Gasteiger partial charge in [0.25, 0.3) is 0 Å². The second-order valence-electron chi connectivity index (χ2n) is 3.37. The predicted molar refractivity (Wildman–Crippen MR) is 46.6 cm³/mol. The van der Waals surface area contributed by atoms with Gasteiger partial charge in [0, 0.05) is 6.92 Å². The van der Waals surface area contributed by atoms with Crippen LogP contribution in [-0.4, -0.2) is 63.7 Å². The van der Waals surface area contributed by atoms with Gasteiger partial charge < -0.3 is 25.2 Å². The van der Waals surface area contributed by atoms with Gasteiger partial charge in [-0.3, -0.25) is 4.89 Å². The van der Waals surface area contributed by atoms with E-state index in [4.69, 9.17) is 9.84 Å². The minimum Gasteiger partial charge on any atom is -0.394 e. The van der Waals surface area contributed by atoms with Crippen LogP contribution in [0.15, 0.2) is 0 Å². The molecular weight excluding hydrogens is 224 g/mol. The summed E-state index contributed by atoms with van der Waals surface area (Å²) in [4.78, 5) is 18.9. The Morgan fingerprint density at radius 2 is 2.06 bits per heavy atom. The molecule has 0 saturated carbocycles. The van der Waals surface area contributed by atoms with E-state index in [1.54, 1.807) is 0 Å². The Morgan fingerprint density at radius 3 is 2.56 bits per heavy atom. The van der Waals surface area contributed by atoms with Crippen molar-refractivity contribution in [3.63, 3.8) is 0 Å². The van der Waals surface area contributed by atoms with Crippen molar-refractivity contribution < 1.29 is 39.7 Å². The average molecular weight is 238 g/mol. The highest BCUT2D eigenvalue weighted by Gasteiger charge is 2.47. The van der Waals surface area contributed by atoms with Crippen LogP contribution in [0.4, 0.5) is 0 Å². The summed E-state index contributed by atoms with van der Waals surface area (Å²) in [6, 6.07) is 0. The standard InChI is InChI=1S/C8H14O8/c1-3(10)15-16-8-6(13)5(12)7(14-8)4(11)2-9/h4-9,11-13H,2H2,1H3/t4-,5-,6-,7-,8?/m1/s1. The Bertz CT molecular complexity index is 244. The first-order valence-electron chi connectivity index (χ1n) is 4.61. The molecule has 0 aliphatic carbocycles. The van der Waals surface area contributed by atoms with Crippen LogP contribution in [0, 0.1) is 0 Å². The lowest BCUT2D eigenvalue weighted by molar-refractivity contribution is -0.360. The first-order chi connectivity index (χ1) is 7.47. The highest BCUT2D eigenvalue weighted by Crippen LogP contribution is 2.24. The Morgan fingerprint density at radius 1 is 1.44 bits per heavy atom. The van der Waals surface area contributed by atoms with Crippen LogP contribution in [0.3, 0.4) is 0 Å². The molecule has 1 rings (SSSR count). The highest BCUT2D eigenvalue weighted by molar-refractivity contribution is 5.65. The molecule has 0 radical (unpaired) electrons. The summed E-state index contributed by atoms with van der Waals surface area (Å²) in [5.74, 6) is -0.753. The number of carbonyl (C=O) groups excluding carboxylic acids is 1. The quantitative estimate of drug-likeness (QED) is 0.307. The van der Waals surface area contributed by atoms with Crippen LogP contribution < -0.4 is 0 Å². The predicted octanol–water partition coefficient (Wildman–Crippen LogP) is -2.72. The fraction of sp³-hybridized carbons (Fsp3) is 0.875. The largest absolute Gasteiger partial charge is 0.394 e. The van der Waals surface area contributed by atoms with Crippen molar-refractivity contribution in [1.29, 1.82) is 0 Å². The molecule has 0 aromatic rings. The van der Waals surface area contributed by atoms with Gasteiger partial charge in [-0.1, -0.05) is 0 Å². The van der Waals surface area contributed by atoms with E-state index in [1.165, 1.54) is 0 Å². The molecule has 0 bridgehead atoms. The average Bonchev–Trinajstić information content (AvgIpc) is 2.52. The SMILES string of the molecule is CC(=O)OOC1O[C@H]([C@H](O)CO)[C@H](O)[C@H]1O.